The fraction of sp³-hybridized carbons (Fsp3) is 0.250. The van der Waals surface area contributed by atoms with Crippen LogP contribution in [0.1, 0.15) is 29.8 Å². The van der Waals surface area contributed by atoms with E-state index in [9.17, 15) is 23.2 Å². The minimum atomic E-state index is -2.99. The number of anilines is 2. The molecule has 3 amide bonds. The second-order valence-electron chi connectivity index (χ2n) is 6.21. The van der Waals surface area contributed by atoms with Crippen molar-refractivity contribution in [3.63, 3.8) is 0 Å². The van der Waals surface area contributed by atoms with Crippen LogP contribution in [0.3, 0.4) is 0 Å². The number of rotatable bonds is 8. The summed E-state index contributed by atoms with van der Waals surface area (Å²) < 4.78 is 34.2. The number of carbonyl (C=O) groups excluding carboxylic acids is 3. The molecule has 8 nitrogen and oxygen atoms in total. The van der Waals surface area contributed by atoms with Gasteiger partial charge in [0.05, 0.1) is 7.11 Å². The fourth-order valence-electron chi connectivity index (χ4n) is 2.61. The van der Waals surface area contributed by atoms with E-state index in [2.05, 4.69) is 20.7 Å². The largest absolute Gasteiger partial charge is 0.493 e. The molecule has 2 aromatic rings. The van der Waals surface area contributed by atoms with Crippen molar-refractivity contribution in [2.24, 2.45) is 0 Å². The van der Waals surface area contributed by atoms with Crippen LogP contribution in [0.2, 0.25) is 0 Å². The van der Waals surface area contributed by atoms with E-state index < -0.39 is 12.5 Å². The standard InChI is InChI=1S/C20H21F2N3O5/c1-11(26)24-15-7-14(8-16(9-15)25-12(2)27)19(28)23-10-13-4-5-17(30-20(21)22)18(6-13)29-3/h4-9,20H,10H2,1-3H3,(H,23,28)(H,24,26)(H,25,27). The molecular formula is C20H21F2N3O5. The molecule has 3 N–H and O–H groups in total. The van der Waals surface area contributed by atoms with Crippen molar-refractivity contribution in [1.82, 2.24) is 5.32 Å². The molecule has 0 bridgehead atoms. The van der Waals surface area contributed by atoms with E-state index in [1.807, 2.05) is 0 Å². The SMILES string of the molecule is COc1cc(CNC(=O)c2cc(NC(C)=O)cc(NC(C)=O)c2)ccc1OC(F)F. The van der Waals surface area contributed by atoms with Gasteiger partial charge in [0.25, 0.3) is 5.91 Å². The second-order valence-corrected chi connectivity index (χ2v) is 6.21. The van der Waals surface area contributed by atoms with Crippen LogP contribution in [0, 0.1) is 0 Å². The summed E-state index contributed by atoms with van der Waals surface area (Å²) >= 11 is 0. The Morgan fingerprint density at radius 3 is 2.03 bits per heavy atom. The van der Waals surface area contributed by atoms with Gasteiger partial charge < -0.3 is 25.4 Å². The van der Waals surface area contributed by atoms with Crippen molar-refractivity contribution in [2.45, 2.75) is 27.0 Å². The van der Waals surface area contributed by atoms with Crippen molar-refractivity contribution in [1.29, 1.82) is 0 Å². The van der Waals surface area contributed by atoms with E-state index in [0.29, 0.717) is 16.9 Å². The lowest BCUT2D eigenvalue weighted by Gasteiger charge is -2.13. The number of alkyl halides is 2. The summed E-state index contributed by atoms with van der Waals surface area (Å²) in [5, 5.41) is 7.80. The van der Waals surface area contributed by atoms with Crippen LogP contribution in [-0.4, -0.2) is 31.4 Å². The second kappa shape index (κ2) is 10.2. The first-order valence-corrected chi connectivity index (χ1v) is 8.78. The van der Waals surface area contributed by atoms with Gasteiger partial charge >= 0.3 is 6.61 Å². The Morgan fingerprint density at radius 1 is 0.933 bits per heavy atom. The molecule has 10 heteroatoms. The molecule has 0 spiro atoms. The molecule has 0 radical (unpaired) electrons. The Bertz CT molecular complexity index is 916. The molecule has 0 unspecified atom stereocenters. The lowest BCUT2D eigenvalue weighted by atomic mass is 10.1. The van der Waals surface area contributed by atoms with E-state index in [0.717, 1.165) is 0 Å². The number of carbonyl (C=O) groups is 3. The number of ether oxygens (including phenoxy) is 2. The van der Waals surface area contributed by atoms with Crippen LogP contribution in [0.5, 0.6) is 11.5 Å². The lowest BCUT2D eigenvalue weighted by molar-refractivity contribution is -0.115. The number of halogens is 2. The van der Waals surface area contributed by atoms with E-state index in [1.165, 1.54) is 57.4 Å². The van der Waals surface area contributed by atoms with Crippen LogP contribution in [0.4, 0.5) is 20.2 Å². The summed E-state index contributed by atoms with van der Waals surface area (Å²) in [6.45, 7) is -0.276. The molecule has 0 aliphatic carbocycles. The van der Waals surface area contributed by atoms with Gasteiger partial charge in [-0.2, -0.15) is 8.78 Å². The van der Waals surface area contributed by atoms with Crippen molar-refractivity contribution < 1.29 is 32.6 Å². The zero-order valence-electron chi connectivity index (χ0n) is 16.5. The van der Waals surface area contributed by atoms with Crippen molar-refractivity contribution in [3.05, 3.63) is 47.5 Å². The summed E-state index contributed by atoms with van der Waals surface area (Å²) in [6.07, 6.45) is 0. The summed E-state index contributed by atoms with van der Waals surface area (Å²) in [4.78, 5) is 35.2. The van der Waals surface area contributed by atoms with E-state index in [-0.39, 0.29) is 35.4 Å². The van der Waals surface area contributed by atoms with Gasteiger partial charge in [-0.05, 0) is 35.9 Å². The topological polar surface area (TPSA) is 106 Å². The van der Waals surface area contributed by atoms with Crippen LogP contribution < -0.4 is 25.4 Å². The smallest absolute Gasteiger partial charge is 0.387 e. The van der Waals surface area contributed by atoms with Gasteiger partial charge in [0.15, 0.2) is 11.5 Å². The van der Waals surface area contributed by atoms with Crippen LogP contribution in [-0.2, 0) is 16.1 Å². The molecule has 0 fully saturated rings. The van der Waals surface area contributed by atoms with Gasteiger partial charge in [0, 0.05) is 37.3 Å². The Hall–Kier alpha value is -3.69. The third-order valence-corrected chi connectivity index (χ3v) is 3.73. The molecule has 30 heavy (non-hydrogen) atoms. The van der Waals surface area contributed by atoms with Crippen molar-refractivity contribution in [2.75, 3.05) is 17.7 Å². The van der Waals surface area contributed by atoms with Gasteiger partial charge in [-0.1, -0.05) is 6.07 Å². The first-order chi connectivity index (χ1) is 14.2. The van der Waals surface area contributed by atoms with E-state index in [1.54, 1.807) is 0 Å². The van der Waals surface area contributed by atoms with Gasteiger partial charge in [0.1, 0.15) is 0 Å². The van der Waals surface area contributed by atoms with Crippen LogP contribution >= 0.6 is 0 Å². The maximum absolute atomic E-state index is 12.6. The minimum absolute atomic E-state index is 0.0734. The van der Waals surface area contributed by atoms with Gasteiger partial charge in [0.2, 0.25) is 11.8 Å². The highest BCUT2D eigenvalue weighted by atomic mass is 19.3. The molecule has 0 saturated carbocycles. The first-order valence-electron chi connectivity index (χ1n) is 8.78. The predicted octanol–water partition coefficient (Wildman–Crippen LogP) is 3.14. The Morgan fingerprint density at radius 2 is 1.53 bits per heavy atom. The molecule has 0 heterocycles. The summed E-state index contributed by atoms with van der Waals surface area (Å²) in [6, 6.07) is 8.74. The third-order valence-electron chi connectivity index (χ3n) is 3.73. The maximum atomic E-state index is 12.6. The zero-order chi connectivity index (χ0) is 22.3. The Labute approximate surface area is 171 Å². The van der Waals surface area contributed by atoms with Gasteiger partial charge in [-0.3, -0.25) is 14.4 Å². The van der Waals surface area contributed by atoms with Crippen LogP contribution in [0.15, 0.2) is 36.4 Å². The lowest BCUT2D eigenvalue weighted by Crippen LogP contribution is -2.23. The highest BCUT2D eigenvalue weighted by Crippen LogP contribution is 2.29. The molecule has 2 aromatic carbocycles. The molecule has 2 rings (SSSR count). The first kappa shape index (κ1) is 22.6. The monoisotopic (exact) mass is 421 g/mol. The summed E-state index contributed by atoms with van der Waals surface area (Å²) in [5.74, 6) is -1.16. The highest BCUT2D eigenvalue weighted by Gasteiger charge is 2.13. The number of hydrogen-bond acceptors (Lipinski definition) is 5. The van der Waals surface area contributed by atoms with E-state index in [4.69, 9.17) is 4.74 Å². The van der Waals surface area contributed by atoms with Crippen molar-refractivity contribution >= 4 is 29.1 Å². The molecule has 0 aliphatic heterocycles. The quantitative estimate of drug-likeness (QED) is 0.607. The highest BCUT2D eigenvalue weighted by molar-refractivity contribution is 5.99. The summed E-state index contributed by atoms with van der Waals surface area (Å²) in [7, 11) is 1.31. The number of benzene rings is 2. The number of nitrogens with one attached hydrogen (secondary N) is 3. The number of hydrogen-bond donors (Lipinski definition) is 3. The molecule has 0 aliphatic rings. The van der Waals surface area contributed by atoms with Gasteiger partial charge in [-0.25, -0.2) is 0 Å². The normalized spacial score (nSPS) is 10.3. The average molecular weight is 421 g/mol. The molecule has 160 valence electrons. The maximum Gasteiger partial charge on any atom is 0.387 e. The zero-order valence-corrected chi connectivity index (χ0v) is 16.5. The fourth-order valence-corrected chi connectivity index (χ4v) is 2.61. The average Bonchev–Trinajstić information content (AvgIpc) is 2.65. The molecule has 0 saturated heterocycles. The number of amides is 3. The Kier molecular flexibility index (Phi) is 7.68. The molecule has 0 aromatic heterocycles. The van der Waals surface area contributed by atoms with E-state index >= 15 is 0 Å². The van der Waals surface area contributed by atoms with Crippen LogP contribution in [0.25, 0.3) is 0 Å². The number of methoxy groups -OCH3 is 1. The van der Waals surface area contributed by atoms with Gasteiger partial charge in [-0.15, -0.1) is 0 Å². The molecule has 0 atom stereocenters. The minimum Gasteiger partial charge on any atom is -0.493 e. The summed E-state index contributed by atoms with van der Waals surface area (Å²) in [5.41, 5.74) is 1.47. The third kappa shape index (κ3) is 6.73. The van der Waals surface area contributed by atoms with Crippen molar-refractivity contribution in [3.8, 4) is 11.5 Å². The Balaban J connectivity index is 2.17. The molecular weight excluding hydrogens is 400 g/mol. The predicted molar refractivity (Wildman–Crippen MR) is 106 cm³/mol.